The van der Waals surface area contributed by atoms with Crippen molar-refractivity contribution in [2.45, 2.75) is 45.2 Å². The molecule has 0 spiro atoms. The SMILES string of the molecule is CCCC(NC1CC(=O)N(C)C1=O)C(=O)OCC. The van der Waals surface area contributed by atoms with E-state index in [4.69, 9.17) is 4.74 Å². The largest absolute Gasteiger partial charge is 0.465 e. The number of nitrogens with zero attached hydrogens (tertiary/aromatic N) is 1. The summed E-state index contributed by atoms with van der Waals surface area (Å²) in [6.45, 7) is 3.98. The van der Waals surface area contributed by atoms with E-state index in [9.17, 15) is 14.4 Å². The van der Waals surface area contributed by atoms with Gasteiger partial charge in [0.1, 0.15) is 6.04 Å². The number of nitrogens with one attached hydrogen (secondary N) is 1. The van der Waals surface area contributed by atoms with E-state index in [0.29, 0.717) is 13.0 Å². The fourth-order valence-electron chi connectivity index (χ4n) is 1.93. The summed E-state index contributed by atoms with van der Waals surface area (Å²) < 4.78 is 4.94. The molecule has 1 aliphatic rings. The minimum atomic E-state index is -0.608. The van der Waals surface area contributed by atoms with Crippen LogP contribution >= 0.6 is 0 Å². The first-order valence-corrected chi connectivity index (χ1v) is 6.24. The Morgan fingerprint density at radius 3 is 2.61 bits per heavy atom. The van der Waals surface area contributed by atoms with E-state index >= 15 is 0 Å². The second-order valence-corrected chi connectivity index (χ2v) is 4.31. The molecule has 1 N–H and O–H groups in total. The number of rotatable bonds is 6. The van der Waals surface area contributed by atoms with E-state index in [1.54, 1.807) is 6.92 Å². The van der Waals surface area contributed by atoms with Crippen molar-refractivity contribution in [3.05, 3.63) is 0 Å². The van der Waals surface area contributed by atoms with Gasteiger partial charge in [-0.05, 0) is 13.3 Å². The van der Waals surface area contributed by atoms with Crippen LogP contribution < -0.4 is 5.32 Å². The molecule has 2 atom stereocenters. The van der Waals surface area contributed by atoms with Crippen molar-refractivity contribution in [1.82, 2.24) is 10.2 Å². The molecule has 102 valence electrons. The Morgan fingerprint density at radius 2 is 2.17 bits per heavy atom. The molecule has 0 aromatic heterocycles. The molecule has 0 aromatic rings. The minimum absolute atomic E-state index is 0.106. The quantitative estimate of drug-likeness (QED) is 0.537. The average molecular weight is 256 g/mol. The van der Waals surface area contributed by atoms with E-state index in [2.05, 4.69) is 5.32 Å². The number of carbonyl (C=O) groups is 3. The first-order valence-electron chi connectivity index (χ1n) is 6.24. The third-order valence-corrected chi connectivity index (χ3v) is 2.93. The molecule has 1 heterocycles. The van der Waals surface area contributed by atoms with Crippen molar-refractivity contribution < 1.29 is 19.1 Å². The van der Waals surface area contributed by atoms with Crippen LogP contribution in [-0.4, -0.2) is 48.4 Å². The number of carbonyl (C=O) groups excluding carboxylic acids is 3. The van der Waals surface area contributed by atoms with Crippen LogP contribution in [0.3, 0.4) is 0 Å². The maximum absolute atomic E-state index is 11.7. The smallest absolute Gasteiger partial charge is 0.323 e. The molecule has 0 aliphatic carbocycles. The van der Waals surface area contributed by atoms with Gasteiger partial charge in [0.05, 0.1) is 19.1 Å². The highest BCUT2D eigenvalue weighted by Crippen LogP contribution is 2.13. The Labute approximate surface area is 107 Å². The fourth-order valence-corrected chi connectivity index (χ4v) is 1.93. The van der Waals surface area contributed by atoms with Gasteiger partial charge in [0.15, 0.2) is 0 Å². The van der Waals surface area contributed by atoms with Crippen LogP contribution in [-0.2, 0) is 19.1 Å². The topological polar surface area (TPSA) is 75.7 Å². The standard InChI is InChI=1S/C12H20N2O4/c1-4-6-8(12(17)18-5-2)13-9-7-10(15)14(3)11(9)16/h8-9,13H,4-7H2,1-3H3. The highest BCUT2D eigenvalue weighted by Gasteiger charge is 2.38. The van der Waals surface area contributed by atoms with Crippen LogP contribution in [0.5, 0.6) is 0 Å². The van der Waals surface area contributed by atoms with Crippen molar-refractivity contribution in [2.24, 2.45) is 0 Å². The molecule has 18 heavy (non-hydrogen) atoms. The van der Waals surface area contributed by atoms with E-state index in [1.165, 1.54) is 7.05 Å². The number of esters is 1. The Bertz CT molecular complexity index is 343. The second-order valence-electron chi connectivity index (χ2n) is 4.31. The molecule has 0 saturated carbocycles. The summed E-state index contributed by atoms with van der Waals surface area (Å²) in [5, 5.41) is 2.93. The summed E-state index contributed by atoms with van der Waals surface area (Å²) in [5.74, 6) is -0.879. The fraction of sp³-hybridized carbons (Fsp3) is 0.750. The van der Waals surface area contributed by atoms with Crippen molar-refractivity contribution in [2.75, 3.05) is 13.7 Å². The van der Waals surface area contributed by atoms with Crippen molar-refractivity contribution in [1.29, 1.82) is 0 Å². The zero-order chi connectivity index (χ0) is 13.7. The molecule has 0 radical (unpaired) electrons. The predicted octanol–water partition coefficient (Wildman–Crippen LogP) is 0.0651. The number of ether oxygens (including phenoxy) is 1. The summed E-state index contributed by atoms with van der Waals surface area (Å²) in [7, 11) is 1.45. The van der Waals surface area contributed by atoms with Gasteiger partial charge in [-0.3, -0.25) is 24.6 Å². The first kappa shape index (κ1) is 14.6. The average Bonchev–Trinajstić information content (AvgIpc) is 2.57. The van der Waals surface area contributed by atoms with Crippen LogP contribution in [0.4, 0.5) is 0 Å². The van der Waals surface area contributed by atoms with Crippen LogP contribution in [0.15, 0.2) is 0 Å². The molecule has 2 amide bonds. The minimum Gasteiger partial charge on any atom is -0.465 e. The van der Waals surface area contributed by atoms with Crippen molar-refractivity contribution in [3.63, 3.8) is 0 Å². The van der Waals surface area contributed by atoms with Crippen LogP contribution in [0.2, 0.25) is 0 Å². The molecule has 0 bridgehead atoms. The first-order chi connectivity index (χ1) is 8.51. The van der Waals surface area contributed by atoms with Gasteiger partial charge in [0.25, 0.3) is 0 Å². The van der Waals surface area contributed by atoms with E-state index in [1.807, 2.05) is 6.92 Å². The zero-order valence-electron chi connectivity index (χ0n) is 11.1. The molecule has 1 aliphatic heterocycles. The number of amides is 2. The lowest BCUT2D eigenvalue weighted by Crippen LogP contribution is -2.47. The Hall–Kier alpha value is -1.43. The van der Waals surface area contributed by atoms with Crippen molar-refractivity contribution >= 4 is 17.8 Å². The highest BCUT2D eigenvalue weighted by molar-refractivity contribution is 6.05. The summed E-state index contributed by atoms with van der Waals surface area (Å²) in [6.07, 6.45) is 1.48. The summed E-state index contributed by atoms with van der Waals surface area (Å²) in [5.41, 5.74) is 0. The van der Waals surface area contributed by atoms with Crippen LogP contribution in [0.25, 0.3) is 0 Å². The lowest BCUT2D eigenvalue weighted by Gasteiger charge is -2.19. The molecule has 1 saturated heterocycles. The number of likely N-dealkylation sites (tertiary alicyclic amines) is 1. The van der Waals surface area contributed by atoms with Gasteiger partial charge in [-0.1, -0.05) is 13.3 Å². The maximum atomic E-state index is 11.7. The van der Waals surface area contributed by atoms with Gasteiger partial charge in [-0.15, -0.1) is 0 Å². The second kappa shape index (κ2) is 6.49. The normalized spacial score (nSPS) is 21.3. The molecule has 1 fully saturated rings. The number of hydrogen-bond donors (Lipinski definition) is 1. The highest BCUT2D eigenvalue weighted by atomic mass is 16.5. The number of likely N-dealkylation sites (N-methyl/N-ethyl adjacent to an activating group) is 1. The molecule has 0 aromatic carbocycles. The number of hydrogen-bond acceptors (Lipinski definition) is 5. The lowest BCUT2D eigenvalue weighted by molar-refractivity contribution is -0.146. The molecule has 1 rings (SSSR count). The van der Waals surface area contributed by atoms with Gasteiger partial charge in [0, 0.05) is 7.05 Å². The molecule has 6 heteroatoms. The van der Waals surface area contributed by atoms with Crippen LogP contribution in [0, 0.1) is 0 Å². The maximum Gasteiger partial charge on any atom is 0.323 e. The molecule has 2 unspecified atom stereocenters. The van der Waals surface area contributed by atoms with Gasteiger partial charge in [-0.25, -0.2) is 0 Å². The Kier molecular flexibility index (Phi) is 5.27. The summed E-state index contributed by atoms with van der Waals surface area (Å²) in [4.78, 5) is 35.9. The Morgan fingerprint density at radius 1 is 1.50 bits per heavy atom. The lowest BCUT2D eigenvalue weighted by atomic mass is 10.1. The van der Waals surface area contributed by atoms with Gasteiger partial charge in [0.2, 0.25) is 11.8 Å². The Balaban J connectivity index is 2.64. The molecular formula is C12H20N2O4. The van der Waals surface area contributed by atoms with Gasteiger partial charge in [-0.2, -0.15) is 0 Å². The zero-order valence-corrected chi connectivity index (χ0v) is 11.1. The molecular weight excluding hydrogens is 236 g/mol. The van der Waals surface area contributed by atoms with Crippen LogP contribution in [0.1, 0.15) is 33.1 Å². The monoisotopic (exact) mass is 256 g/mol. The summed E-state index contributed by atoms with van der Waals surface area (Å²) in [6, 6.07) is -1.13. The molecule has 6 nitrogen and oxygen atoms in total. The summed E-state index contributed by atoms with van der Waals surface area (Å²) >= 11 is 0. The van der Waals surface area contributed by atoms with E-state index in [-0.39, 0.29) is 24.2 Å². The van der Waals surface area contributed by atoms with Gasteiger partial charge < -0.3 is 4.74 Å². The van der Waals surface area contributed by atoms with Gasteiger partial charge >= 0.3 is 5.97 Å². The third kappa shape index (κ3) is 3.29. The van der Waals surface area contributed by atoms with E-state index < -0.39 is 12.1 Å². The predicted molar refractivity (Wildman–Crippen MR) is 64.6 cm³/mol. The van der Waals surface area contributed by atoms with Crippen molar-refractivity contribution in [3.8, 4) is 0 Å². The number of imide groups is 1. The van der Waals surface area contributed by atoms with E-state index in [0.717, 1.165) is 11.3 Å². The third-order valence-electron chi connectivity index (χ3n) is 2.93.